The summed E-state index contributed by atoms with van der Waals surface area (Å²) in [5.41, 5.74) is 0. The van der Waals surface area contributed by atoms with Crippen molar-refractivity contribution in [3.63, 3.8) is 0 Å². The number of hydrogen-bond acceptors (Lipinski definition) is 7. The van der Waals surface area contributed by atoms with Crippen LogP contribution >= 0.6 is 0 Å². The molecule has 0 aromatic carbocycles. The van der Waals surface area contributed by atoms with Crippen LogP contribution in [-0.4, -0.2) is 68.2 Å². The van der Waals surface area contributed by atoms with Gasteiger partial charge in [0.2, 0.25) is 5.91 Å². The first-order valence-electron chi connectivity index (χ1n) is 9.59. The molecule has 1 aliphatic rings. The van der Waals surface area contributed by atoms with E-state index in [-0.39, 0.29) is 5.91 Å². The van der Waals surface area contributed by atoms with E-state index in [0.717, 1.165) is 44.1 Å². The first-order chi connectivity index (χ1) is 13.7. The number of carbonyl (C=O) groups excluding carboxylic acids is 1. The summed E-state index contributed by atoms with van der Waals surface area (Å²) in [4.78, 5) is 22.3. The normalized spacial score (nSPS) is 15.2. The van der Waals surface area contributed by atoms with Crippen LogP contribution in [0.4, 0.5) is 0 Å². The molecule has 0 bridgehead atoms. The highest BCUT2D eigenvalue weighted by atomic mass is 16.2. The number of likely N-dealkylation sites (tertiary alicyclic amines) is 1. The van der Waals surface area contributed by atoms with Gasteiger partial charge in [0.15, 0.2) is 5.82 Å². The van der Waals surface area contributed by atoms with Crippen molar-refractivity contribution < 1.29 is 4.79 Å². The van der Waals surface area contributed by atoms with E-state index in [4.69, 9.17) is 0 Å². The molecule has 4 rings (SSSR count). The SMILES string of the molecule is CCn1c(Cn2cncn2)nnc1C1CCN(C(=O)CCn2cncn2)CC1. The zero-order valence-corrected chi connectivity index (χ0v) is 15.9. The lowest BCUT2D eigenvalue weighted by atomic mass is 9.95. The molecule has 4 heterocycles. The molecule has 0 radical (unpaired) electrons. The van der Waals surface area contributed by atoms with Gasteiger partial charge in [-0.25, -0.2) is 14.6 Å². The molecule has 1 aliphatic heterocycles. The molecule has 0 spiro atoms. The van der Waals surface area contributed by atoms with Crippen molar-refractivity contribution in [3.05, 3.63) is 37.0 Å². The summed E-state index contributed by atoms with van der Waals surface area (Å²) >= 11 is 0. The lowest BCUT2D eigenvalue weighted by molar-refractivity contribution is -0.132. The van der Waals surface area contributed by atoms with E-state index in [9.17, 15) is 4.79 Å². The average Bonchev–Trinajstić information content (AvgIpc) is 3.48. The molecule has 0 N–H and O–H groups in total. The number of nitrogens with zero attached hydrogens (tertiary/aromatic N) is 10. The van der Waals surface area contributed by atoms with Gasteiger partial charge in [-0.05, 0) is 19.8 Å². The highest BCUT2D eigenvalue weighted by Crippen LogP contribution is 2.27. The van der Waals surface area contributed by atoms with Crippen molar-refractivity contribution in [2.45, 2.75) is 51.7 Å². The summed E-state index contributed by atoms with van der Waals surface area (Å²) in [6, 6.07) is 0. The molecule has 0 unspecified atom stereocenters. The first-order valence-corrected chi connectivity index (χ1v) is 9.59. The Morgan fingerprint density at radius 3 is 2.43 bits per heavy atom. The smallest absolute Gasteiger partial charge is 0.224 e. The molecule has 11 nitrogen and oxygen atoms in total. The summed E-state index contributed by atoms with van der Waals surface area (Å²) in [6.45, 7) is 5.52. The Balaban J connectivity index is 1.34. The van der Waals surface area contributed by atoms with E-state index in [1.165, 1.54) is 12.7 Å². The minimum Gasteiger partial charge on any atom is -0.343 e. The minimum absolute atomic E-state index is 0.165. The molecular weight excluding hydrogens is 360 g/mol. The summed E-state index contributed by atoms with van der Waals surface area (Å²) < 4.78 is 5.59. The van der Waals surface area contributed by atoms with E-state index in [0.29, 0.717) is 25.4 Å². The van der Waals surface area contributed by atoms with E-state index in [1.807, 2.05) is 4.90 Å². The second-order valence-corrected chi connectivity index (χ2v) is 6.88. The van der Waals surface area contributed by atoms with E-state index < -0.39 is 0 Å². The van der Waals surface area contributed by atoms with E-state index in [1.54, 1.807) is 22.0 Å². The van der Waals surface area contributed by atoms with Gasteiger partial charge >= 0.3 is 0 Å². The van der Waals surface area contributed by atoms with Gasteiger partial charge in [-0.2, -0.15) is 10.2 Å². The van der Waals surface area contributed by atoms with Crippen molar-refractivity contribution in [1.82, 2.24) is 49.2 Å². The lowest BCUT2D eigenvalue weighted by Gasteiger charge is -2.31. The molecule has 28 heavy (non-hydrogen) atoms. The van der Waals surface area contributed by atoms with Gasteiger partial charge in [-0.15, -0.1) is 10.2 Å². The fourth-order valence-electron chi connectivity index (χ4n) is 3.68. The Hall–Kier alpha value is -3.11. The molecule has 0 aliphatic carbocycles. The maximum atomic E-state index is 12.5. The second-order valence-electron chi connectivity index (χ2n) is 6.88. The van der Waals surface area contributed by atoms with Crippen LogP contribution in [0.15, 0.2) is 25.3 Å². The van der Waals surface area contributed by atoms with Crippen molar-refractivity contribution in [2.24, 2.45) is 0 Å². The van der Waals surface area contributed by atoms with Gasteiger partial charge in [0.1, 0.15) is 37.7 Å². The van der Waals surface area contributed by atoms with Gasteiger partial charge in [0.05, 0.1) is 6.54 Å². The van der Waals surface area contributed by atoms with Gasteiger partial charge in [0.25, 0.3) is 0 Å². The summed E-state index contributed by atoms with van der Waals surface area (Å²) in [7, 11) is 0. The molecule has 1 amide bonds. The largest absolute Gasteiger partial charge is 0.343 e. The Morgan fingerprint density at radius 2 is 1.79 bits per heavy atom. The fraction of sp³-hybridized carbons (Fsp3) is 0.588. The molecule has 3 aromatic heterocycles. The summed E-state index contributed by atoms with van der Waals surface area (Å²) in [6.07, 6.45) is 8.56. The van der Waals surface area contributed by atoms with E-state index in [2.05, 4.69) is 41.9 Å². The highest BCUT2D eigenvalue weighted by molar-refractivity contribution is 5.76. The molecule has 1 saturated heterocycles. The van der Waals surface area contributed by atoms with Crippen molar-refractivity contribution in [3.8, 4) is 0 Å². The van der Waals surface area contributed by atoms with Crippen LogP contribution in [0.1, 0.15) is 43.8 Å². The standard InChI is InChI=1S/C17H24N10O/c1-2-27-15(9-26-13-19-11-21-26)22-23-17(27)14-3-6-24(7-4-14)16(28)5-8-25-12-18-10-20-25/h10-14H,2-9H2,1H3. The van der Waals surface area contributed by atoms with Crippen LogP contribution in [0.5, 0.6) is 0 Å². The molecule has 1 fully saturated rings. The maximum Gasteiger partial charge on any atom is 0.224 e. The first kappa shape index (κ1) is 18.3. The van der Waals surface area contributed by atoms with Crippen LogP contribution in [-0.2, 0) is 24.4 Å². The minimum atomic E-state index is 0.165. The van der Waals surface area contributed by atoms with Crippen LogP contribution < -0.4 is 0 Å². The molecule has 0 saturated carbocycles. The van der Waals surface area contributed by atoms with Gasteiger partial charge in [-0.1, -0.05) is 0 Å². The average molecular weight is 384 g/mol. The number of carbonyl (C=O) groups is 1. The third kappa shape index (κ3) is 3.92. The number of piperidine rings is 1. The van der Waals surface area contributed by atoms with Gasteiger partial charge in [0, 0.05) is 32.0 Å². The second kappa shape index (κ2) is 8.28. The van der Waals surface area contributed by atoms with E-state index >= 15 is 0 Å². The third-order valence-corrected chi connectivity index (χ3v) is 5.18. The Bertz CT molecular complexity index is 877. The van der Waals surface area contributed by atoms with Crippen LogP contribution in [0.3, 0.4) is 0 Å². The number of amides is 1. The zero-order valence-electron chi connectivity index (χ0n) is 15.9. The van der Waals surface area contributed by atoms with Crippen molar-refractivity contribution >= 4 is 5.91 Å². The predicted octanol–water partition coefficient (Wildman–Crippen LogP) is 0.326. The van der Waals surface area contributed by atoms with Crippen LogP contribution in [0.25, 0.3) is 0 Å². The van der Waals surface area contributed by atoms with Crippen LogP contribution in [0, 0.1) is 0 Å². The Kier molecular flexibility index (Phi) is 5.40. The lowest BCUT2D eigenvalue weighted by Crippen LogP contribution is -2.38. The maximum absolute atomic E-state index is 12.5. The highest BCUT2D eigenvalue weighted by Gasteiger charge is 2.27. The monoisotopic (exact) mass is 384 g/mol. The number of aromatic nitrogens is 9. The molecule has 0 atom stereocenters. The summed E-state index contributed by atoms with van der Waals surface area (Å²) in [5.74, 6) is 2.37. The Labute approximate surface area is 162 Å². The van der Waals surface area contributed by atoms with Crippen molar-refractivity contribution in [1.29, 1.82) is 0 Å². The topological polar surface area (TPSA) is 112 Å². The van der Waals surface area contributed by atoms with Crippen LogP contribution in [0.2, 0.25) is 0 Å². The van der Waals surface area contributed by atoms with Gasteiger partial charge in [-0.3, -0.25) is 9.48 Å². The molecular formula is C17H24N10O. The number of rotatable bonds is 7. The molecule has 148 valence electrons. The van der Waals surface area contributed by atoms with Crippen molar-refractivity contribution in [2.75, 3.05) is 13.1 Å². The Morgan fingerprint density at radius 1 is 1.07 bits per heavy atom. The fourth-order valence-corrected chi connectivity index (χ4v) is 3.68. The molecule has 11 heteroatoms. The number of hydrogen-bond donors (Lipinski definition) is 0. The van der Waals surface area contributed by atoms with Gasteiger partial charge < -0.3 is 9.47 Å². The predicted molar refractivity (Wildman–Crippen MR) is 98.0 cm³/mol. The quantitative estimate of drug-likeness (QED) is 0.577. The molecule has 3 aromatic rings. The number of aryl methyl sites for hydroxylation is 1. The summed E-state index contributed by atoms with van der Waals surface area (Å²) in [5, 5.41) is 17.0. The third-order valence-electron chi connectivity index (χ3n) is 5.18. The zero-order chi connectivity index (χ0) is 19.3.